The summed E-state index contributed by atoms with van der Waals surface area (Å²) in [7, 11) is 0. The van der Waals surface area contributed by atoms with Crippen molar-refractivity contribution in [3.8, 4) is 0 Å². The normalized spacial score (nSPS) is 23.6. The lowest BCUT2D eigenvalue weighted by Gasteiger charge is -2.33. The lowest BCUT2D eigenvalue weighted by molar-refractivity contribution is -0.127. The lowest BCUT2D eigenvalue weighted by Crippen LogP contribution is -2.43. The predicted molar refractivity (Wildman–Crippen MR) is 145 cm³/mol. The van der Waals surface area contributed by atoms with Crippen molar-refractivity contribution < 1.29 is 18.4 Å². The van der Waals surface area contributed by atoms with Crippen molar-refractivity contribution in [3.63, 3.8) is 0 Å². The highest BCUT2D eigenvalue weighted by atomic mass is 19.1. The summed E-state index contributed by atoms with van der Waals surface area (Å²) >= 11 is 0. The number of carbonyl (C=O) groups is 2. The molecule has 2 amide bonds. The number of halogens is 2. The molecule has 198 valence electrons. The lowest BCUT2D eigenvalue weighted by atomic mass is 9.79. The molecule has 0 radical (unpaired) electrons. The van der Waals surface area contributed by atoms with E-state index in [1.807, 2.05) is 50.3 Å². The molecule has 1 spiro atoms. The number of carbonyl (C=O) groups excluding carboxylic acids is 2. The molecular formula is C31H28F2N4O2. The highest BCUT2D eigenvalue weighted by Gasteiger charge is 2.51. The quantitative estimate of drug-likeness (QED) is 0.498. The summed E-state index contributed by atoms with van der Waals surface area (Å²) in [5.74, 6) is -1.21. The molecule has 2 aliphatic heterocycles. The van der Waals surface area contributed by atoms with Gasteiger partial charge in [0.05, 0.1) is 5.41 Å². The fourth-order valence-corrected chi connectivity index (χ4v) is 6.05. The molecule has 0 saturated heterocycles. The van der Waals surface area contributed by atoms with Gasteiger partial charge in [-0.2, -0.15) is 0 Å². The maximum absolute atomic E-state index is 14.1. The van der Waals surface area contributed by atoms with Crippen LogP contribution in [0.15, 0.2) is 65.8 Å². The SMILES string of the molecule is CC(C)C1=N[C@](C)(c2cc(F)cc(F)c2)N(C/C=C/c2ccc3c(c2)C[C@@]2(C3)C(=O)Nc3ncccc32)C1=O. The number of aliphatic imine (C=N–C) groups is 1. The molecule has 8 heteroatoms. The molecular weight excluding hydrogens is 498 g/mol. The summed E-state index contributed by atoms with van der Waals surface area (Å²) in [5, 5.41) is 2.93. The van der Waals surface area contributed by atoms with Gasteiger partial charge in [-0.1, -0.05) is 50.3 Å². The third-order valence-electron chi connectivity index (χ3n) is 8.09. The highest BCUT2D eigenvalue weighted by molar-refractivity contribution is 6.41. The average molecular weight is 527 g/mol. The molecule has 1 aliphatic carbocycles. The van der Waals surface area contributed by atoms with Gasteiger partial charge in [-0.05, 0) is 54.7 Å². The van der Waals surface area contributed by atoms with Gasteiger partial charge in [-0.25, -0.2) is 13.8 Å². The number of hydrogen-bond donors (Lipinski definition) is 1. The summed E-state index contributed by atoms with van der Waals surface area (Å²) in [4.78, 5) is 36.8. The molecule has 6 nitrogen and oxygen atoms in total. The van der Waals surface area contributed by atoms with E-state index in [-0.39, 0.29) is 29.8 Å². The van der Waals surface area contributed by atoms with E-state index in [0.717, 1.165) is 28.3 Å². The van der Waals surface area contributed by atoms with Gasteiger partial charge in [0.25, 0.3) is 5.91 Å². The molecule has 3 aromatic rings. The van der Waals surface area contributed by atoms with E-state index < -0.39 is 22.7 Å². The van der Waals surface area contributed by atoms with Crippen LogP contribution in [0.25, 0.3) is 6.08 Å². The van der Waals surface area contributed by atoms with Crippen LogP contribution in [-0.2, 0) is 33.5 Å². The largest absolute Gasteiger partial charge is 0.310 e. The Morgan fingerprint density at radius 2 is 1.79 bits per heavy atom. The Labute approximate surface area is 225 Å². The first-order valence-electron chi connectivity index (χ1n) is 13.0. The minimum absolute atomic E-state index is 0.0222. The number of benzene rings is 2. The molecule has 0 bridgehead atoms. The minimum atomic E-state index is -1.23. The zero-order valence-electron chi connectivity index (χ0n) is 22.0. The van der Waals surface area contributed by atoms with Gasteiger partial charge in [0.1, 0.15) is 23.2 Å². The Balaban J connectivity index is 1.25. The van der Waals surface area contributed by atoms with Gasteiger partial charge in [0.2, 0.25) is 5.91 Å². The predicted octanol–water partition coefficient (Wildman–Crippen LogP) is 5.17. The Bertz CT molecular complexity index is 1580. The van der Waals surface area contributed by atoms with Gasteiger partial charge in [-0.15, -0.1) is 0 Å². The first kappa shape index (κ1) is 25.1. The van der Waals surface area contributed by atoms with Crippen LogP contribution in [0.2, 0.25) is 0 Å². The number of amides is 2. The van der Waals surface area contributed by atoms with Gasteiger partial charge in [0, 0.05) is 35.9 Å². The first-order valence-corrected chi connectivity index (χ1v) is 13.0. The van der Waals surface area contributed by atoms with Crippen molar-refractivity contribution in [2.45, 2.75) is 44.7 Å². The van der Waals surface area contributed by atoms with Crippen molar-refractivity contribution in [2.24, 2.45) is 10.9 Å². The van der Waals surface area contributed by atoms with Crippen molar-refractivity contribution in [1.29, 1.82) is 0 Å². The summed E-state index contributed by atoms with van der Waals surface area (Å²) in [6.45, 7) is 5.66. The van der Waals surface area contributed by atoms with E-state index in [1.165, 1.54) is 12.1 Å². The summed E-state index contributed by atoms with van der Waals surface area (Å²) in [5.41, 5.74) is 2.90. The number of hydrogen-bond acceptors (Lipinski definition) is 4. The smallest absolute Gasteiger partial charge is 0.270 e. The zero-order chi connectivity index (χ0) is 27.5. The third kappa shape index (κ3) is 3.97. The molecule has 3 aliphatic rings. The standard InChI is InChI=1S/C31H28F2N4O2/c1-18(2)26-28(38)37(30(3,36-26)22-13-23(32)15-24(33)14-22)11-5-6-19-8-9-20-16-31(17-21(20)12-19)25-7-4-10-34-27(25)35-29(31)39/h4-10,12-15,18H,11,16-17H2,1-3H3,(H,34,35,39)/b6-5+/t30-,31+/m0/s1. The molecule has 2 atom stereocenters. The van der Waals surface area contributed by atoms with Crippen LogP contribution in [0.1, 0.15) is 48.6 Å². The van der Waals surface area contributed by atoms with E-state index >= 15 is 0 Å². The van der Waals surface area contributed by atoms with Crippen molar-refractivity contribution in [2.75, 3.05) is 11.9 Å². The van der Waals surface area contributed by atoms with E-state index in [2.05, 4.69) is 21.4 Å². The zero-order valence-corrected chi connectivity index (χ0v) is 22.0. The second-order valence-corrected chi connectivity index (χ2v) is 11.0. The number of pyridine rings is 1. The van der Waals surface area contributed by atoms with E-state index in [0.29, 0.717) is 24.4 Å². The van der Waals surface area contributed by atoms with Gasteiger partial charge >= 0.3 is 0 Å². The van der Waals surface area contributed by atoms with Crippen LogP contribution in [0.3, 0.4) is 0 Å². The van der Waals surface area contributed by atoms with Gasteiger partial charge in [-0.3, -0.25) is 14.6 Å². The maximum atomic E-state index is 14.1. The number of anilines is 1. The van der Waals surface area contributed by atoms with E-state index in [4.69, 9.17) is 0 Å². The number of nitrogens with zero attached hydrogens (tertiary/aromatic N) is 3. The second kappa shape index (κ2) is 8.93. The summed E-state index contributed by atoms with van der Waals surface area (Å²) < 4.78 is 28.2. The van der Waals surface area contributed by atoms with E-state index in [9.17, 15) is 18.4 Å². The number of aromatic nitrogens is 1. The molecule has 1 aromatic heterocycles. The van der Waals surface area contributed by atoms with Crippen LogP contribution in [0, 0.1) is 17.6 Å². The summed E-state index contributed by atoms with van der Waals surface area (Å²) in [6, 6.07) is 13.2. The van der Waals surface area contributed by atoms with Crippen LogP contribution >= 0.6 is 0 Å². The van der Waals surface area contributed by atoms with Crippen LogP contribution in [0.4, 0.5) is 14.6 Å². The van der Waals surface area contributed by atoms with Crippen LogP contribution in [0.5, 0.6) is 0 Å². The van der Waals surface area contributed by atoms with Gasteiger partial charge in [0.15, 0.2) is 5.66 Å². The Hall–Kier alpha value is -4.20. The summed E-state index contributed by atoms with van der Waals surface area (Å²) in [6.07, 6.45) is 6.67. The van der Waals surface area contributed by atoms with Crippen molar-refractivity contribution in [1.82, 2.24) is 9.88 Å². The fraction of sp³-hybridized carbons (Fsp3) is 0.290. The molecule has 39 heavy (non-hydrogen) atoms. The number of rotatable bonds is 5. The van der Waals surface area contributed by atoms with Crippen molar-refractivity contribution >= 4 is 29.4 Å². The molecule has 0 fully saturated rings. The molecule has 6 rings (SSSR count). The average Bonchev–Trinajstić information content (AvgIpc) is 3.49. The van der Waals surface area contributed by atoms with Crippen LogP contribution in [-0.4, -0.2) is 34.0 Å². The van der Waals surface area contributed by atoms with Crippen molar-refractivity contribution in [3.05, 3.63) is 100 Å². The topological polar surface area (TPSA) is 74.7 Å². The Morgan fingerprint density at radius 1 is 1.05 bits per heavy atom. The number of nitrogens with one attached hydrogen (secondary N) is 1. The van der Waals surface area contributed by atoms with Gasteiger partial charge < -0.3 is 10.2 Å². The highest BCUT2D eigenvalue weighted by Crippen LogP contribution is 2.46. The second-order valence-electron chi connectivity index (χ2n) is 11.0. The first-order chi connectivity index (χ1) is 18.6. The molecule has 2 aromatic carbocycles. The third-order valence-corrected chi connectivity index (χ3v) is 8.09. The molecule has 3 heterocycles. The molecule has 1 N–H and O–H groups in total. The Kier molecular flexibility index (Phi) is 5.75. The monoisotopic (exact) mass is 526 g/mol. The molecule has 0 saturated carbocycles. The van der Waals surface area contributed by atoms with Crippen LogP contribution < -0.4 is 5.32 Å². The number of fused-ring (bicyclic) bond motifs is 3. The fourth-order valence-electron chi connectivity index (χ4n) is 6.05. The van der Waals surface area contributed by atoms with E-state index in [1.54, 1.807) is 18.0 Å². The Morgan fingerprint density at radius 3 is 2.54 bits per heavy atom. The maximum Gasteiger partial charge on any atom is 0.270 e. The molecule has 0 unspecified atom stereocenters. The minimum Gasteiger partial charge on any atom is -0.310 e.